The Morgan fingerprint density at radius 3 is 2.72 bits per heavy atom. The van der Waals surface area contributed by atoms with E-state index in [4.69, 9.17) is 0 Å². The highest BCUT2D eigenvalue weighted by atomic mass is 32.1. The molecule has 0 amide bonds. The van der Waals surface area contributed by atoms with Gasteiger partial charge in [0.05, 0.1) is 35.0 Å². The Morgan fingerprint density at radius 1 is 1.03 bits per heavy atom. The first-order valence-electron chi connectivity index (χ1n) is 11.6. The summed E-state index contributed by atoms with van der Waals surface area (Å²) < 4.78 is 0. The molecule has 0 fully saturated rings. The van der Waals surface area contributed by atoms with Gasteiger partial charge in [-0.15, -0.1) is 11.3 Å². The van der Waals surface area contributed by atoms with Crippen LogP contribution < -0.4 is 5.32 Å². The molecule has 0 bridgehead atoms. The molecule has 0 unspecified atom stereocenters. The number of fused-ring (bicyclic) bond motifs is 2. The normalized spacial score (nSPS) is 11.9. The van der Waals surface area contributed by atoms with Crippen LogP contribution in [0.15, 0.2) is 78.8 Å². The molecule has 0 aromatic carbocycles. The van der Waals surface area contributed by atoms with Crippen molar-refractivity contribution in [2.75, 3.05) is 5.32 Å². The van der Waals surface area contributed by atoms with E-state index in [1.807, 2.05) is 30.7 Å². The van der Waals surface area contributed by atoms with E-state index in [-0.39, 0.29) is 5.41 Å². The Morgan fingerprint density at radius 2 is 1.92 bits per heavy atom. The van der Waals surface area contributed by atoms with Crippen molar-refractivity contribution in [1.82, 2.24) is 30.1 Å². The topological polar surface area (TPSA) is 95.2 Å². The van der Waals surface area contributed by atoms with Crippen molar-refractivity contribution in [2.24, 2.45) is 5.41 Å². The van der Waals surface area contributed by atoms with E-state index >= 15 is 0 Å². The van der Waals surface area contributed by atoms with Gasteiger partial charge in [0.25, 0.3) is 0 Å². The number of pyridine rings is 3. The van der Waals surface area contributed by atoms with E-state index in [1.54, 1.807) is 17.5 Å². The molecule has 0 aliphatic rings. The largest absolute Gasteiger partial charge is 0.358 e. The maximum absolute atomic E-state index is 4.66. The minimum absolute atomic E-state index is 0.0589. The van der Waals surface area contributed by atoms with Crippen molar-refractivity contribution >= 4 is 39.0 Å². The summed E-state index contributed by atoms with van der Waals surface area (Å²) >= 11 is 1.72. The molecule has 8 heteroatoms. The van der Waals surface area contributed by atoms with Crippen LogP contribution in [0.3, 0.4) is 0 Å². The first-order valence-corrected chi connectivity index (χ1v) is 12.5. The third kappa shape index (κ3) is 3.95. The molecule has 0 aliphatic carbocycles. The number of hydrogen-bond donors (Lipinski definition) is 3. The smallest absolute Gasteiger partial charge is 0.138 e. The summed E-state index contributed by atoms with van der Waals surface area (Å²) in [6.45, 7) is 10.5. The second-order valence-electron chi connectivity index (χ2n) is 9.78. The third-order valence-electron chi connectivity index (χ3n) is 6.26. The molecule has 6 aromatic heterocycles. The van der Waals surface area contributed by atoms with E-state index in [2.05, 4.69) is 92.4 Å². The lowest BCUT2D eigenvalue weighted by molar-refractivity contribution is 0.509. The second kappa shape index (κ2) is 8.42. The maximum Gasteiger partial charge on any atom is 0.138 e. The quantitative estimate of drug-likeness (QED) is 0.236. The minimum atomic E-state index is -0.0589. The maximum atomic E-state index is 4.66. The molecule has 7 nitrogen and oxygen atoms in total. The number of nitrogens with zero attached hydrogens (tertiary/aromatic N) is 4. The molecule has 3 N–H and O–H groups in total. The Labute approximate surface area is 212 Å². The van der Waals surface area contributed by atoms with Gasteiger partial charge in [-0.3, -0.25) is 15.1 Å². The van der Waals surface area contributed by atoms with Crippen molar-refractivity contribution in [3.63, 3.8) is 0 Å². The monoisotopic (exact) mass is 491 g/mol. The molecule has 6 rings (SSSR count). The van der Waals surface area contributed by atoms with Crippen LogP contribution in [0, 0.1) is 5.41 Å². The van der Waals surface area contributed by atoms with Crippen LogP contribution >= 0.6 is 11.3 Å². The van der Waals surface area contributed by atoms with Crippen molar-refractivity contribution in [3.8, 4) is 33.1 Å². The van der Waals surface area contributed by atoms with Crippen LogP contribution in [-0.2, 0) is 0 Å². The second-order valence-corrected chi connectivity index (χ2v) is 10.7. The molecular weight excluding hydrogens is 466 g/mol. The fourth-order valence-electron chi connectivity index (χ4n) is 4.09. The van der Waals surface area contributed by atoms with Gasteiger partial charge in [0.2, 0.25) is 0 Å². The van der Waals surface area contributed by atoms with Gasteiger partial charge in [-0.05, 0) is 35.7 Å². The Bertz CT molecular complexity index is 1720. The molecule has 0 aliphatic heterocycles. The van der Waals surface area contributed by atoms with Gasteiger partial charge in [-0.2, -0.15) is 5.10 Å². The van der Waals surface area contributed by atoms with Crippen LogP contribution in [0.1, 0.15) is 20.8 Å². The summed E-state index contributed by atoms with van der Waals surface area (Å²) in [4.78, 5) is 18.3. The lowest BCUT2D eigenvalue weighted by Gasteiger charge is -2.23. The third-order valence-corrected chi connectivity index (χ3v) is 7.16. The number of aromatic nitrogens is 6. The number of anilines is 1. The van der Waals surface area contributed by atoms with Crippen LogP contribution in [0.25, 0.3) is 55.0 Å². The van der Waals surface area contributed by atoms with E-state index in [0.717, 1.165) is 61.5 Å². The zero-order valence-corrected chi connectivity index (χ0v) is 21.1. The van der Waals surface area contributed by atoms with Gasteiger partial charge < -0.3 is 10.3 Å². The summed E-state index contributed by atoms with van der Waals surface area (Å²) in [5, 5.41) is 15.2. The average Bonchev–Trinajstić information content (AvgIpc) is 3.62. The summed E-state index contributed by atoms with van der Waals surface area (Å²) in [5.41, 5.74) is 8.06. The van der Waals surface area contributed by atoms with Gasteiger partial charge in [0.15, 0.2) is 0 Å². The number of H-pyrrole nitrogens is 2. The SMILES string of the molecule is C=C(Nc1cncc(-c2cc3c(-c4cc5c(-c6cccs6)ccnc5[nH]4)n[nH]c3cn2)c1)C(C)(C)C. The molecule has 0 saturated carbocycles. The molecule has 0 radical (unpaired) electrons. The van der Waals surface area contributed by atoms with Gasteiger partial charge in [0, 0.05) is 50.3 Å². The van der Waals surface area contributed by atoms with Gasteiger partial charge in [-0.25, -0.2) is 4.98 Å². The summed E-state index contributed by atoms with van der Waals surface area (Å²) in [6.07, 6.45) is 7.27. The van der Waals surface area contributed by atoms with E-state index in [0.29, 0.717) is 0 Å². The zero-order chi connectivity index (χ0) is 24.9. The first kappa shape index (κ1) is 22.2. The summed E-state index contributed by atoms with van der Waals surface area (Å²) in [6, 6.07) is 12.5. The van der Waals surface area contributed by atoms with Gasteiger partial charge >= 0.3 is 0 Å². The van der Waals surface area contributed by atoms with Crippen LogP contribution in [-0.4, -0.2) is 30.1 Å². The summed E-state index contributed by atoms with van der Waals surface area (Å²) in [5.74, 6) is 0. The molecule has 0 atom stereocenters. The van der Waals surface area contributed by atoms with Crippen LogP contribution in [0.2, 0.25) is 0 Å². The molecule has 6 aromatic rings. The Hall–Kier alpha value is -4.30. The standard InChI is InChI=1S/C28H25N7S/c1-16(28(2,3)4)32-18-10-17(13-29-14-18)22-12-21-24(15-31-22)34-35-26(21)23-11-20-19(25-6-5-9-36-25)7-8-30-27(20)33-23/h5-15,32H,1H2,2-4H3,(H,30,33)(H,34,35). The predicted octanol–water partition coefficient (Wildman–Crippen LogP) is 7.26. The fourth-order valence-corrected chi connectivity index (χ4v) is 4.86. The number of thiophene rings is 1. The number of aromatic amines is 2. The van der Waals surface area contributed by atoms with Gasteiger partial charge in [-0.1, -0.05) is 33.4 Å². The van der Waals surface area contributed by atoms with E-state index in [1.165, 1.54) is 4.88 Å². The highest BCUT2D eigenvalue weighted by Gasteiger charge is 2.17. The molecule has 0 spiro atoms. The Balaban J connectivity index is 1.40. The predicted molar refractivity (Wildman–Crippen MR) is 148 cm³/mol. The van der Waals surface area contributed by atoms with Crippen LogP contribution in [0.5, 0.6) is 0 Å². The number of allylic oxidation sites excluding steroid dienone is 1. The number of rotatable bonds is 5. The number of hydrogen-bond acceptors (Lipinski definition) is 6. The molecule has 6 heterocycles. The Kier molecular flexibility index (Phi) is 5.19. The van der Waals surface area contributed by atoms with Crippen molar-refractivity contribution in [1.29, 1.82) is 0 Å². The minimum Gasteiger partial charge on any atom is -0.358 e. The van der Waals surface area contributed by atoms with Gasteiger partial charge in [0.1, 0.15) is 11.3 Å². The molecule has 36 heavy (non-hydrogen) atoms. The molecule has 0 saturated heterocycles. The fraction of sp³-hybridized carbons (Fsp3) is 0.143. The van der Waals surface area contributed by atoms with Crippen LogP contribution in [0.4, 0.5) is 5.69 Å². The molecule has 178 valence electrons. The lowest BCUT2D eigenvalue weighted by Crippen LogP contribution is -2.15. The van der Waals surface area contributed by atoms with Crippen molar-refractivity contribution in [2.45, 2.75) is 20.8 Å². The van der Waals surface area contributed by atoms with Crippen molar-refractivity contribution in [3.05, 3.63) is 78.8 Å². The average molecular weight is 492 g/mol. The zero-order valence-electron chi connectivity index (χ0n) is 20.3. The molecular formula is C28H25N7S. The van der Waals surface area contributed by atoms with Crippen molar-refractivity contribution < 1.29 is 0 Å². The highest BCUT2D eigenvalue weighted by molar-refractivity contribution is 7.13. The lowest BCUT2D eigenvalue weighted by atomic mass is 9.93. The first-order chi connectivity index (χ1) is 17.4. The summed E-state index contributed by atoms with van der Waals surface area (Å²) in [7, 11) is 0. The van der Waals surface area contributed by atoms with E-state index in [9.17, 15) is 0 Å². The van der Waals surface area contributed by atoms with E-state index < -0.39 is 0 Å². The number of nitrogens with one attached hydrogen (secondary N) is 3. The highest BCUT2D eigenvalue weighted by Crippen LogP contribution is 2.35.